The lowest BCUT2D eigenvalue weighted by atomic mass is 9.75. The van der Waals surface area contributed by atoms with Crippen LogP contribution in [0.4, 0.5) is 0 Å². The van der Waals surface area contributed by atoms with Gasteiger partial charge in [-0.2, -0.15) is 0 Å². The first-order valence-corrected chi connectivity index (χ1v) is 8.88. The number of halogens is 1. The molecule has 2 aliphatic rings. The lowest BCUT2D eigenvalue weighted by molar-refractivity contribution is -0.170. The minimum absolute atomic E-state index is 0.415. The average molecular weight is 380 g/mol. The van der Waals surface area contributed by atoms with Crippen molar-refractivity contribution in [2.75, 3.05) is 27.4 Å². The van der Waals surface area contributed by atoms with Gasteiger partial charge in [0.15, 0.2) is 0 Å². The first-order chi connectivity index (χ1) is 12.5. The molecule has 1 aromatic rings. The van der Waals surface area contributed by atoms with Crippen molar-refractivity contribution in [2.45, 2.75) is 25.5 Å². The number of methoxy groups -OCH3 is 2. The van der Waals surface area contributed by atoms with Gasteiger partial charge in [0.25, 0.3) is 0 Å². The van der Waals surface area contributed by atoms with Crippen LogP contribution < -0.4 is 0 Å². The third kappa shape index (κ3) is 3.08. The molecule has 0 aromatic heterocycles. The predicted molar refractivity (Wildman–Crippen MR) is 95.5 cm³/mol. The van der Waals surface area contributed by atoms with Gasteiger partial charge in [-0.25, -0.2) is 4.79 Å². The average Bonchev–Trinajstić information content (AvgIpc) is 2.67. The molecule has 3 rings (SSSR count). The number of hydrogen-bond donors (Lipinski definition) is 0. The zero-order valence-corrected chi connectivity index (χ0v) is 15.8. The number of carbonyl (C=O) groups is 2. The molecule has 140 valence electrons. The molecular weight excluding hydrogens is 358 g/mol. The van der Waals surface area contributed by atoms with E-state index in [1.807, 2.05) is 24.0 Å². The first-order valence-electron chi connectivity index (χ1n) is 8.50. The SMILES string of the molecule is COC(=O)C1=C(C)N2CCCOC2[C@@H](C(=O)OC)[C@@H]1c1ccccc1Cl. The molecule has 0 N–H and O–H groups in total. The number of rotatable bonds is 3. The standard InChI is InChI=1S/C19H22ClNO5/c1-11-14(18(22)24-2)15(12-7-4-5-8-13(12)20)16(19(23)25-3)17-21(11)9-6-10-26-17/h4-5,7-8,15-17H,6,9-10H2,1-3H3/t15-,16+,17?/m1/s1. The summed E-state index contributed by atoms with van der Waals surface area (Å²) < 4.78 is 16.0. The second-order valence-corrected chi connectivity index (χ2v) is 6.75. The van der Waals surface area contributed by atoms with Crippen LogP contribution in [0.3, 0.4) is 0 Å². The van der Waals surface area contributed by atoms with Gasteiger partial charge in [0.05, 0.1) is 26.4 Å². The molecule has 1 fully saturated rings. The predicted octanol–water partition coefficient (Wildman–Crippen LogP) is 2.72. The smallest absolute Gasteiger partial charge is 0.336 e. The Labute approximate surface area is 157 Å². The number of ether oxygens (including phenoxy) is 3. The number of fused-ring (bicyclic) bond motifs is 1. The van der Waals surface area contributed by atoms with E-state index in [1.54, 1.807) is 12.1 Å². The number of esters is 2. The number of nitrogens with zero attached hydrogens (tertiary/aromatic N) is 1. The highest BCUT2D eigenvalue weighted by molar-refractivity contribution is 6.31. The Morgan fingerprint density at radius 1 is 1.23 bits per heavy atom. The molecule has 0 radical (unpaired) electrons. The van der Waals surface area contributed by atoms with Gasteiger partial charge in [-0.15, -0.1) is 0 Å². The van der Waals surface area contributed by atoms with Gasteiger partial charge in [-0.05, 0) is 25.0 Å². The van der Waals surface area contributed by atoms with Gasteiger partial charge in [-0.3, -0.25) is 4.79 Å². The van der Waals surface area contributed by atoms with Crippen molar-refractivity contribution >= 4 is 23.5 Å². The Morgan fingerprint density at radius 3 is 2.62 bits per heavy atom. The molecule has 0 aliphatic carbocycles. The lowest BCUT2D eigenvalue weighted by Gasteiger charge is -2.48. The maximum Gasteiger partial charge on any atom is 0.336 e. The van der Waals surface area contributed by atoms with E-state index in [9.17, 15) is 9.59 Å². The van der Waals surface area contributed by atoms with Crippen LogP contribution >= 0.6 is 11.6 Å². The van der Waals surface area contributed by atoms with E-state index >= 15 is 0 Å². The summed E-state index contributed by atoms with van der Waals surface area (Å²) >= 11 is 6.43. The van der Waals surface area contributed by atoms with Crippen molar-refractivity contribution < 1.29 is 23.8 Å². The van der Waals surface area contributed by atoms with Gasteiger partial charge in [0.2, 0.25) is 0 Å². The summed E-state index contributed by atoms with van der Waals surface area (Å²) in [6, 6.07) is 7.19. The van der Waals surface area contributed by atoms with Crippen LogP contribution in [-0.2, 0) is 23.8 Å². The maximum absolute atomic E-state index is 12.7. The molecule has 1 saturated heterocycles. The number of allylic oxidation sites excluding steroid dienone is 1. The fourth-order valence-corrected chi connectivity index (χ4v) is 4.14. The van der Waals surface area contributed by atoms with E-state index in [-0.39, 0.29) is 0 Å². The Bertz CT molecular complexity index is 747. The zero-order valence-electron chi connectivity index (χ0n) is 15.0. The Hall–Kier alpha value is -2.05. The minimum Gasteiger partial charge on any atom is -0.469 e. The van der Waals surface area contributed by atoms with Crippen LogP contribution in [0.2, 0.25) is 5.02 Å². The van der Waals surface area contributed by atoms with Crippen LogP contribution in [0.15, 0.2) is 35.5 Å². The van der Waals surface area contributed by atoms with Crippen molar-refractivity contribution in [1.82, 2.24) is 4.90 Å². The quantitative estimate of drug-likeness (QED) is 0.752. The highest BCUT2D eigenvalue weighted by atomic mass is 35.5. The second kappa shape index (κ2) is 7.68. The van der Waals surface area contributed by atoms with E-state index in [0.717, 1.165) is 12.1 Å². The molecule has 1 unspecified atom stereocenters. The third-order valence-corrected chi connectivity index (χ3v) is 5.40. The topological polar surface area (TPSA) is 65.1 Å². The molecule has 0 spiro atoms. The molecule has 0 bridgehead atoms. The summed E-state index contributed by atoms with van der Waals surface area (Å²) in [5.74, 6) is -2.26. The number of carbonyl (C=O) groups excluding carboxylic acids is 2. The van der Waals surface area contributed by atoms with E-state index in [4.69, 9.17) is 25.8 Å². The Balaban J connectivity index is 2.24. The molecule has 26 heavy (non-hydrogen) atoms. The van der Waals surface area contributed by atoms with Crippen LogP contribution in [0, 0.1) is 5.92 Å². The lowest BCUT2D eigenvalue weighted by Crippen LogP contribution is -2.55. The summed E-state index contributed by atoms with van der Waals surface area (Å²) in [6.45, 7) is 3.09. The van der Waals surface area contributed by atoms with E-state index in [0.29, 0.717) is 29.3 Å². The van der Waals surface area contributed by atoms with Gasteiger partial charge >= 0.3 is 11.9 Å². The van der Waals surface area contributed by atoms with Crippen molar-refractivity contribution in [3.8, 4) is 0 Å². The van der Waals surface area contributed by atoms with E-state index < -0.39 is 30.0 Å². The molecular formula is C19H22ClNO5. The number of benzene rings is 1. The zero-order chi connectivity index (χ0) is 18.8. The van der Waals surface area contributed by atoms with Gasteiger partial charge < -0.3 is 19.1 Å². The van der Waals surface area contributed by atoms with E-state index in [2.05, 4.69) is 0 Å². The van der Waals surface area contributed by atoms with Crippen molar-refractivity contribution in [3.63, 3.8) is 0 Å². The molecule has 7 heteroatoms. The van der Waals surface area contributed by atoms with Crippen LogP contribution in [0.1, 0.15) is 24.8 Å². The van der Waals surface area contributed by atoms with Crippen LogP contribution in [-0.4, -0.2) is 50.4 Å². The largest absolute Gasteiger partial charge is 0.469 e. The molecule has 0 saturated carbocycles. The second-order valence-electron chi connectivity index (χ2n) is 6.35. The van der Waals surface area contributed by atoms with E-state index in [1.165, 1.54) is 14.2 Å². The summed E-state index contributed by atoms with van der Waals surface area (Å²) in [6.07, 6.45) is 0.304. The summed E-state index contributed by atoms with van der Waals surface area (Å²) in [7, 11) is 2.67. The molecule has 2 aliphatic heterocycles. The highest BCUT2D eigenvalue weighted by Crippen LogP contribution is 2.46. The molecule has 0 amide bonds. The van der Waals surface area contributed by atoms with Crippen LogP contribution in [0.25, 0.3) is 0 Å². The van der Waals surface area contributed by atoms with Crippen molar-refractivity contribution in [2.24, 2.45) is 5.92 Å². The third-order valence-electron chi connectivity index (χ3n) is 5.06. The Morgan fingerprint density at radius 2 is 1.96 bits per heavy atom. The van der Waals surface area contributed by atoms with Crippen molar-refractivity contribution in [3.05, 3.63) is 46.1 Å². The fourth-order valence-electron chi connectivity index (χ4n) is 3.89. The normalized spacial score (nSPS) is 25.5. The Kier molecular flexibility index (Phi) is 5.53. The summed E-state index contributed by atoms with van der Waals surface area (Å²) in [4.78, 5) is 27.3. The van der Waals surface area contributed by atoms with Crippen LogP contribution in [0.5, 0.6) is 0 Å². The molecule has 2 heterocycles. The number of hydrogen-bond acceptors (Lipinski definition) is 6. The molecule has 3 atom stereocenters. The van der Waals surface area contributed by atoms with Gasteiger partial charge in [-0.1, -0.05) is 29.8 Å². The van der Waals surface area contributed by atoms with Gasteiger partial charge in [0, 0.05) is 23.2 Å². The molecule has 6 nitrogen and oxygen atoms in total. The highest BCUT2D eigenvalue weighted by Gasteiger charge is 2.50. The van der Waals surface area contributed by atoms with Crippen molar-refractivity contribution in [1.29, 1.82) is 0 Å². The summed E-state index contributed by atoms with van der Waals surface area (Å²) in [5, 5.41) is 0.477. The fraction of sp³-hybridized carbons (Fsp3) is 0.474. The maximum atomic E-state index is 12.7. The summed E-state index contributed by atoms with van der Waals surface area (Å²) in [5.41, 5.74) is 1.84. The first kappa shape index (κ1) is 18.7. The minimum atomic E-state index is -0.724. The van der Waals surface area contributed by atoms with Gasteiger partial charge in [0.1, 0.15) is 12.1 Å². The molecule has 1 aromatic carbocycles. The monoisotopic (exact) mass is 379 g/mol.